The number of aliphatic hydroxyl groups excluding tert-OH is 1. The van der Waals surface area contributed by atoms with Crippen molar-refractivity contribution in [2.75, 3.05) is 38.5 Å². The molecule has 1 atom stereocenters. The minimum atomic E-state index is 0.179. The number of hydrogen-bond donors (Lipinski definition) is 2. The molecule has 4 rings (SSSR count). The highest BCUT2D eigenvalue weighted by Gasteiger charge is 2.46. The van der Waals surface area contributed by atoms with Gasteiger partial charge in [-0.3, -0.25) is 9.69 Å². The number of anilines is 1. The summed E-state index contributed by atoms with van der Waals surface area (Å²) in [7, 11) is 0. The van der Waals surface area contributed by atoms with Gasteiger partial charge in [0.05, 0.1) is 0 Å². The molecule has 3 aliphatic rings. The van der Waals surface area contributed by atoms with Crippen LogP contribution in [0.2, 0.25) is 0 Å². The summed E-state index contributed by atoms with van der Waals surface area (Å²) < 4.78 is 0. The molecule has 0 radical (unpaired) electrons. The average molecular weight is 387 g/mol. The number of likely N-dealkylation sites (tertiary alicyclic amines) is 2. The van der Waals surface area contributed by atoms with Gasteiger partial charge in [0.15, 0.2) is 0 Å². The van der Waals surface area contributed by atoms with Crippen LogP contribution in [-0.2, 0) is 11.3 Å². The summed E-state index contributed by atoms with van der Waals surface area (Å²) >= 11 is 0. The Morgan fingerprint density at radius 1 is 1.21 bits per heavy atom. The highest BCUT2D eigenvalue weighted by Crippen LogP contribution is 2.46. The Balaban J connectivity index is 1.35. The predicted molar refractivity (Wildman–Crippen MR) is 109 cm³/mol. The van der Waals surface area contributed by atoms with E-state index in [1.807, 2.05) is 6.07 Å². The number of nitrogens with zero attached hydrogens (tertiary/aromatic N) is 3. The Morgan fingerprint density at radius 2 is 1.93 bits per heavy atom. The predicted octanol–water partition coefficient (Wildman–Crippen LogP) is 2.28. The summed E-state index contributed by atoms with van der Waals surface area (Å²) in [5.74, 6) is 1.41. The van der Waals surface area contributed by atoms with Crippen LogP contribution in [-0.4, -0.2) is 58.6 Å². The van der Waals surface area contributed by atoms with Gasteiger partial charge < -0.3 is 15.7 Å². The normalized spacial score (nSPS) is 26.0. The lowest BCUT2D eigenvalue weighted by molar-refractivity contribution is -0.142. The summed E-state index contributed by atoms with van der Waals surface area (Å²) in [6, 6.07) is 3.99. The molecule has 154 valence electrons. The molecule has 28 heavy (non-hydrogen) atoms. The first-order chi connectivity index (χ1) is 13.6. The number of carbonyl (C=O) groups is 1. The Morgan fingerprint density at radius 3 is 2.61 bits per heavy atom. The van der Waals surface area contributed by atoms with E-state index < -0.39 is 0 Å². The summed E-state index contributed by atoms with van der Waals surface area (Å²) in [6.07, 6.45) is 9.42. The number of carbonyl (C=O) groups excluding carboxylic acids is 1. The lowest BCUT2D eigenvalue weighted by Gasteiger charge is -2.51. The van der Waals surface area contributed by atoms with Gasteiger partial charge in [0.25, 0.3) is 0 Å². The zero-order valence-electron chi connectivity index (χ0n) is 16.9. The molecular weight excluding hydrogens is 352 g/mol. The molecular formula is C22H34N4O2. The van der Waals surface area contributed by atoms with Crippen LogP contribution in [0, 0.1) is 17.3 Å². The molecule has 0 unspecified atom stereocenters. The van der Waals surface area contributed by atoms with E-state index in [9.17, 15) is 9.90 Å². The van der Waals surface area contributed by atoms with Crippen molar-refractivity contribution < 1.29 is 9.90 Å². The number of aliphatic hydroxyl groups is 1. The minimum absolute atomic E-state index is 0.179. The van der Waals surface area contributed by atoms with Crippen LogP contribution in [0.3, 0.4) is 0 Å². The number of nitrogens with two attached hydrogens (primary N) is 1. The fourth-order valence-electron chi connectivity index (χ4n) is 5.64. The van der Waals surface area contributed by atoms with Crippen LogP contribution in [0.5, 0.6) is 0 Å². The van der Waals surface area contributed by atoms with E-state index in [4.69, 9.17) is 5.73 Å². The molecule has 0 bridgehead atoms. The molecule has 1 aliphatic carbocycles. The molecule has 1 aromatic heterocycles. The zero-order valence-corrected chi connectivity index (χ0v) is 16.9. The van der Waals surface area contributed by atoms with Gasteiger partial charge in [0, 0.05) is 49.8 Å². The smallest absolute Gasteiger partial charge is 0.225 e. The molecule has 3 N–H and O–H groups in total. The molecule has 1 saturated carbocycles. The number of hydrogen-bond acceptors (Lipinski definition) is 5. The fourth-order valence-corrected chi connectivity index (χ4v) is 5.64. The molecule has 0 aromatic carbocycles. The average Bonchev–Trinajstić information content (AvgIpc) is 3.26. The van der Waals surface area contributed by atoms with Crippen molar-refractivity contribution in [2.45, 2.75) is 51.5 Å². The third kappa shape index (κ3) is 3.90. The van der Waals surface area contributed by atoms with Crippen LogP contribution < -0.4 is 5.73 Å². The van der Waals surface area contributed by atoms with Gasteiger partial charge in [-0.1, -0.05) is 18.9 Å². The van der Waals surface area contributed by atoms with Crippen molar-refractivity contribution in [3.8, 4) is 0 Å². The van der Waals surface area contributed by atoms with Crippen molar-refractivity contribution in [3.05, 3.63) is 23.9 Å². The van der Waals surface area contributed by atoms with Gasteiger partial charge in [0.1, 0.15) is 5.82 Å². The van der Waals surface area contributed by atoms with Crippen molar-refractivity contribution in [1.82, 2.24) is 14.8 Å². The van der Waals surface area contributed by atoms with Crippen LogP contribution in [0.1, 0.15) is 50.5 Å². The van der Waals surface area contributed by atoms with E-state index in [-0.39, 0.29) is 23.9 Å². The number of nitrogen functional groups attached to an aromatic ring is 1. The molecule has 1 amide bonds. The lowest BCUT2D eigenvalue weighted by atomic mass is 9.64. The first-order valence-electron chi connectivity index (χ1n) is 10.9. The standard InChI is InChI=1S/C22H34N4O2/c23-20-18(6-3-10-24-20)14-25-11-7-22(8-12-25)9-13-26(15-19(22)16-27)21(28)17-4-1-2-5-17/h3,6,10,17,19,27H,1-2,4-5,7-9,11-16H2,(H2,23,24)/t19-/m1/s1. The Hall–Kier alpha value is -1.66. The monoisotopic (exact) mass is 386 g/mol. The van der Waals surface area contributed by atoms with Gasteiger partial charge in [-0.2, -0.15) is 0 Å². The summed E-state index contributed by atoms with van der Waals surface area (Å²) in [4.78, 5) is 21.5. The van der Waals surface area contributed by atoms with Crippen LogP contribution >= 0.6 is 0 Å². The third-order valence-corrected chi connectivity index (χ3v) is 7.59. The maximum Gasteiger partial charge on any atom is 0.225 e. The number of amides is 1. The molecule has 1 aromatic rings. The van der Waals surface area contributed by atoms with E-state index in [1.54, 1.807) is 6.20 Å². The van der Waals surface area contributed by atoms with E-state index in [0.717, 1.165) is 70.4 Å². The zero-order chi connectivity index (χ0) is 19.6. The summed E-state index contributed by atoms with van der Waals surface area (Å²) in [5.41, 5.74) is 7.28. The van der Waals surface area contributed by atoms with Gasteiger partial charge in [-0.25, -0.2) is 4.98 Å². The van der Waals surface area contributed by atoms with Crippen LogP contribution in [0.15, 0.2) is 18.3 Å². The van der Waals surface area contributed by atoms with Gasteiger partial charge in [-0.15, -0.1) is 0 Å². The topological polar surface area (TPSA) is 82.7 Å². The molecule has 3 heterocycles. The second-order valence-electron chi connectivity index (χ2n) is 9.08. The number of piperidine rings is 2. The highest BCUT2D eigenvalue weighted by atomic mass is 16.3. The van der Waals surface area contributed by atoms with Crippen molar-refractivity contribution in [2.24, 2.45) is 17.3 Å². The van der Waals surface area contributed by atoms with Crippen molar-refractivity contribution in [1.29, 1.82) is 0 Å². The fraction of sp³-hybridized carbons (Fsp3) is 0.727. The number of pyridine rings is 1. The SMILES string of the molecule is Nc1ncccc1CN1CCC2(CC1)CCN(C(=O)C1CCCC1)C[C@@H]2CO. The quantitative estimate of drug-likeness (QED) is 0.830. The second kappa shape index (κ2) is 8.37. The Kier molecular flexibility index (Phi) is 5.88. The first kappa shape index (κ1) is 19.6. The molecule has 6 nitrogen and oxygen atoms in total. The molecule has 2 aliphatic heterocycles. The molecule has 3 fully saturated rings. The molecule has 2 saturated heterocycles. The second-order valence-corrected chi connectivity index (χ2v) is 9.08. The maximum absolute atomic E-state index is 12.8. The van der Waals surface area contributed by atoms with Crippen molar-refractivity contribution in [3.63, 3.8) is 0 Å². The highest BCUT2D eigenvalue weighted by molar-refractivity contribution is 5.79. The first-order valence-corrected chi connectivity index (χ1v) is 10.9. The summed E-state index contributed by atoms with van der Waals surface area (Å²) in [6.45, 7) is 4.65. The van der Waals surface area contributed by atoms with E-state index in [2.05, 4.69) is 20.9 Å². The lowest BCUT2D eigenvalue weighted by Crippen LogP contribution is -2.55. The maximum atomic E-state index is 12.8. The van der Waals surface area contributed by atoms with Crippen LogP contribution in [0.4, 0.5) is 5.82 Å². The number of aromatic nitrogens is 1. The Bertz CT molecular complexity index is 681. The van der Waals surface area contributed by atoms with Gasteiger partial charge in [-0.05, 0) is 56.7 Å². The minimum Gasteiger partial charge on any atom is -0.396 e. The Labute approximate surface area is 168 Å². The van der Waals surface area contributed by atoms with E-state index >= 15 is 0 Å². The van der Waals surface area contributed by atoms with Crippen molar-refractivity contribution >= 4 is 11.7 Å². The molecule has 6 heteroatoms. The van der Waals surface area contributed by atoms with Gasteiger partial charge >= 0.3 is 0 Å². The molecule has 1 spiro atoms. The largest absolute Gasteiger partial charge is 0.396 e. The third-order valence-electron chi connectivity index (χ3n) is 7.59. The summed E-state index contributed by atoms with van der Waals surface area (Å²) in [5, 5.41) is 10.1. The number of rotatable bonds is 4. The van der Waals surface area contributed by atoms with Crippen LogP contribution in [0.25, 0.3) is 0 Å². The van der Waals surface area contributed by atoms with Gasteiger partial charge in [0.2, 0.25) is 5.91 Å². The van der Waals surface area contributed by atoms with E-state index in [1.165, 1.54) is 12.8 Å². The van der Waals surface area contributed by atoms with E-state index in [0.29, 0.717) is 11.7 Å².